The van der Waals surface area contributed by atoms with Crippen molar-refractivity contribution >= 4 is 0 Å². The molecule has 0 aromatic rings. The van der Waals surface area contributed by atoms with Crippen molar-refractivity contribution in [3.8, 4) is 0 Å². The van der Waals surface area contributed by atoms with Gasteiger partial charge in [-0.3, -0.25) is 4.90 Å². The fourth-order valence-electron chi connectivity index (χ4n) is 1.81. The topological polar surface area (TPSA) is 15.7 Å². The third kappa shape index (κ3) is 1.37. The Balaban J connectivity index is 1.72. The zero-order valence-electron chi connectivity index (χ0n) is 7.99. The monoisotopic (exact) mass is 170 g/mol. The zero-order valence-corrected chi connectivity index (χ0v) is 7.99. The largest absolute Gasteiger partial charge is 0.378 e. The molecule has 0 radical (unpaired) electrons. The fraction of sp³-hybridized carbons (Fsp3) is 1.00. The number of ether oxygens (including phenoxy) is 1. The summed E-state index contributed by atoms with van der Waals surface area (Å²) in [4.78, 5) is 4.95. The highest BCUT2D eigenvalue weighted by Crippen LogP contribution is 2.18. The smallest absolute Gasteiger partial charge is 0.0645 e. The van der Waals surface area contributed by atoms with E-state index in [2.05, 4.69) is 23.8 Å². The first-order chi connectivity index (χ1) is 5.81. The third-order valence-corrected chi connectivity index (χ3v) is 3.16. The minimum absolute atomic E-state index is 0.703. The van der Waals surface area contributed by atoms with Crippen molar-refractivity contribution in [2.75, 3.05) is 39.9 Å². The molecular formula is C9H18N2O. The summed E-state index contributed by atoms with van der Waals surface area (Å²) in [6.45, 7) is 7.82. The Bertz CT molecular complexity index is 153. The second-order valence-corrected chi connectivity index (χ2v) is 3.86. The Morgan fingerprint density at radius 3 is 2.42 bits per heavy atom. The van der Waals surface area contributed by atoms with Crippen LogP contribution in [0.25, 0.3) is 0 Å². The van der Waals surface area contributed by atoms with Gasteiger partial charge in [-0.2, -0.15) is 0 Å². The molecule has 2 aliphatic heterocycles. The van der Waals surface area contributed by atoms with Crippen molar-refractivity contribution in [3.05, 3.63) is 0 Å². The average molecular weight is 170 g/mol. The Hall–Kier alpha value is -0.120. The molecule has 0 N–H and O–H groups in total. The minimum Gasteiger partial charge on any atom is -0.378 e. The number of likely N-dealkylation sites (N-methyl/N-ethyl adjacent to an activating group) is 2. The van der Waals surface area contributed by atoms with Gasteiger partial charge in [0, 0.05) is 19.1 Å². The Kier molecular flexibility index (Phi) is 2.35. The summed E-state index contributed by atoms with van der Waals surface area (Å²) < 4.78 is 5.17. The van der Waals surface area contributed by atoms with Crippen molar-refractivity contribution in [1.29, 1.82) is 0 Å². The summed E-state index contributed by atoms with van der Waals surface area (Å²) in [5, 5.41) is 0. The number of hydrogen-bond acceptors (Lipinski definition) is 3. The van der Waals surface area contributed by atoms with Crippen LogP contribution in [0.5, 0.6) is 0 Å². The maximum atomic E-state index is 5.17. The molecule has 0 spiro atoms. The van der Waals surface area contributed by atoms with Crippen LogP contribution in [0.3, 0.4) is 0 Å². The summed E-state index contributed by atoms with van der Waals surface area (Å²) in [5.41, 5.74) is 0. The predicted molar refractivity (Wildman–Crippen MR) is 48.3 cm³/mol. The van der Waals surface area contributed by atoms with Crippen LogP contribution >= 0.6 is 0 Å². The standard InChI is InChI=1S/C9H18N2O/c1-3-11-4-8(5-11)10(2)9-6-12-7-9/h8-9H,3-7H2,1-2H3. The number of rotatable bonds is 3. The number of hydrogen-bond donors (Lipinski definition) is 0. The molecule has 0 aromatic carbocycles. The van der Waals surface area contributed by atoms with E-state index < -0.39 is 0 Å². The zero-order chi connectivity index (χ0) is 8.55. The van der Waals surface area contributed by atoms with E-state index in [0.717, 1.165) is 19.3 Å². The molecule has 0 bridgehead atoms. The SMILES string of the molecule is CCN1CC(N(C)C2COC2)C1. The van der Waals surface area contributed by atoms with Gasteiger partial charge in [-0.25, -0.2) is 0 Å². The normalized spacial score (nSPS) is 27.2. The van der Waals surface area contributed by atoms with E-state index in [-0.39, 0.29) is 0 Å². The first kappa shape index (κ1) is 8.48. The van der Waals surface area contributed by atoms with Gasteiger partial charge >= 0.3 is 0 Å². The third-order valence-electron chi connectivity index (χ3n) is 3.16. The molecule has 0 unspecified atom stereocenters. The van der Waals surface area contributed by atoms with Gasteiger partial charge in [0.2, 0.25) is 0 Å². The van der Waals surface area contributed by atoms with Gasteiger partial charge in [-0.1, -0.05) is 6.92 Å². The van der Waals surface area contributed by atoms with Crippen LogP contribution in [0.1, 0.15) is 6.92 Å². The van der Waals surface area contributed by atoms with E-state index in [1.54, 1.807) is 0 Å². The summed E-state index contributed by atoms with van der Waals surface area (Å²) in [6.07, 6.45) is 0. The lowest BCUT2D eigenvalue weighted by Crippen LogP contribution is -2.63. The summed E-state index contributed by atoms with van der Waals surface area (Å²) >= 11 is 0. The van der Waals surface area contributed by atoms with E-state index in [9.17, 15) is 0 Å². The number of likely N-dealkylation sites (tertiary alicyclic amines) is 1. The molecule has 2 aliphatic rings. The maximum absolute atomic E-state index is 5.17. The molecule has 2 fully saturated rings. The van der Waals surface area contributed by atoms with Crippen molar-refractivity contribution in [2.45, 2.75) is 19.0 Å². The van der Waals surface area contributed by atoms with Crippen LogP contribution < -0.4 is 0 Å². The van der Waals surface area contributed by atoms with Crippen LogP contribution in [0.15, 0.2) is 0 Å². The average Bonchev–Trinajstić information content (AvgIpc) is 1.80. The first-order valence-corrected chi connectivity index (χ1v) is 4.83. The van der Waals surface area contributed by atoms with E-state index >= 15 is 0 Å². The summed E-state index contributed by atoms with van der Waals surface area (Å²) in [5.74, 6) is 0. The van der Waals surface area contributed by atoms with Gasteiger partial charge in [0.05, 0.1) is 19.3 Å². The van der Waals surface area contributed by atoms with Crippen LogP contribution in [-0.2, 0) is 4.74 Å². The van der Waals surface area contributed by atoms with E-state index in [1.165, 1.54) is 19.6 Å². The van der Waals surface area contributed by atoms with Crippen molar-refractivity contribution in [3.63, 3.8) is 0 Å². The molecule has 0 aliphatic carbocycles. The summed E-state index contributed by atoms with van der Waals surface area (Å²) in [7, 11) is 2.23. The molecule has 0 saturated carbocycles. The van der Waals surface area contributed by atoms with Gasteiger partial charge in [0.25, 0.3) is 0 Å². The van der Waals surface area contributed by atoms with E-state index in [4.69, 9.17) is 4.74 Å². The van der Waals surface area contributed by atoms with Crippen LogP contribution in [0.2, 0.25) is 0 Å². The molecule has 70 valence electrons. The first-order valence-electron chi connectivity index (χ1n) is 4.83. The molecule has 2 saturated heterocycles. The highest BCUT2D eigenvalue weighted by Gasteiger charge is 2.34. The Morgan fingerprint density at radius 2 is 2.00 bits per heavy atom. The second kappa shape index (κ2) is 3.32. The summed E-state index contributed by atoms with van der Waals surface area (Å²) in [6, 6.07) is 1.49. The van der Waals surface area contributed by atoms with Crippen LogP contribution in [-0.4, -0.2) is 61.8 Å². The Labute approximate surface area is 74.3 Å². The highest BCUT2D eigenvalue weighted by atomic mass is 16.5. The van der Waals surface area contributed by atoms with Crippen molar-refractivity contribution in [1.82, 2.24) is 9.80 Å². The predicted octanol–water partition coefficient (Wildman–Crippen LogP) is 0.0211. The molecule has 0 aromatic heterocycles. The molecule has 0 atom stereocenters. The molecule has 2 rings (SSSR count). The molecule has 0 amide bonds. The second-order valence-electron chi connectivity index (χ2n) is 3.86. The fourth-order valence-corrected chi connectivity index (χ4v) is 1.81. The van der Waals surface area contributed by atoms with Gasteiger partial charge in [0.1, 0.15) is 0 Å². The molecular weight excluding hydrogens is 152 g/mol. The van der Waals surface area contributed by atoms with Crippen LogP contribution in [0.4, 0.5) is 0 Å². The van der Waals surface area contributed by atoms with Gasteiger partial charge in [-0.15, -0.1) is 0 Å². The molecule has 3 heteroatoms. The Morgan fingerprint density at radius 1 is 1.33 bits per heavy atom. The van der Waals surface area contributed by atoms with E-state index in [1.807, 2.05) is 0 Å². The molecule has 3 nitrogen and oxygen atoms in total. The van der Waals surface area contributed by atoms with Gasteiger partial charge < -0.3 is 9.64 Å². The van der Waals surface area contributed by atoms with E-state index in [0.29, 0.717) is 6.04 Å². The van der Waals surface area contributed by atoms with Gasteiger partial charge in [-0.05, 0) is 13.6 Å². The quantitative estimate of drug-likeness (QED) is 0.594. The van der Waals surface area contributed by atoms with Gasteiger partial charge in [0.15, 0.2) is 0 Å². The lowest BCUT2D eigenvalue weighted by Gasteiger charge is -2.48. The number of nitrogens with zero attached hydrogens (tertiary/aromatic N) is 2. The van der Waals surface area contributed by atoms with Crippen molar-refractivity contribution in [2.24, 2.45) is 0 Å². The lowest BCUT2D eigenvalue weighted by molar-refractivity contribution is -0.0920. The van der Waals surface area contributed by atoms with Crippen molar-refractivity contribution < 1.29 is 4.74 Å². The highest BCUT2D eigenvalue weighted by molar-refractivity contribution is 4.90. The lowest BCUT2D eigenvalue weighted by atomic mass is 10.1. The maximum Gasteiger partial charge on any atom is 0.0645 e. The van der Waals surface area contributed by atoms with Crippen LogP contribution in [0, 0.1) is 0 Å². The molecule has 2 heterocycles. The molecule has 12 heavy (non-hydrogen) atoms. The minimum atomic E-state index is 0.703.